The molecule has 112 valence electrons. The maximum absolute atomic E-state index is 13.9. The molecule has 1 unspecified atom stereocenters. The number of aliphatic hydroxyl groups is 1. The van der Waals surface area contributed by atoms with E-state index in [1.54, 1.807) is 11.0 Å². The quantitative estimate of drug-likeness (QED) is 0.851. The molecule has 1 heterocycles. The minimum Gasteiger partial charge on any atom is -0.395 e. The third-order valence-corrected chi connectivity index (χ3v) is 4.34. The predicted octanol–water partition coefficient (Wildman–Crippen LogP) is 2.14. The van der Waals surface area contributed by atoms with Crippen molar-refractivity contribution >= 4 is 17.7 Å². The van der Waals surface area contributed by atoms with Crippen molar-refractivity contribution in [2.75, 3.05) is 25.4 Å². The zero-order valence-electron chi connectivity index (χ0n) is 11.9. The molecule has 0 spiro atoms. The highest BCUT2D eigenvalue weighted by atomic mass is 32.2. The molecule has 0 aromatic heterocycles. The van der Waals surface area contributed by atoms with Crippen molar-refractivity contribution in [1.82, 2.24) is 4.90 Å². The van der Waals surface area contributed by atoms with E-state index in [0.717, 1.165) is 5.75 Å². The normalized spacial score (nSPS) is 18.0. The maximum atomic E-state index is 13.9. The summed E-state index contributed by atoms with van der Waals surface area (Å²) in [6, 6.07) is 4.38. The lowest BCUT2D eigenvalue weighted by molar-refractivity contribution is 0.0762. The van der Waals surface area contributed by atoms with Crippen LogP contribution in [0.5, 0.6) is 0 Å². The molecule has 1 aromatic rings. The van der Waals surface area contributed by atoms with Crippen molar-refractivity contribution in [3.05, 3.63) is 35.1 Å². The molecule has 0 saturated carbocycles. The third kappa shape index (κ3) is 4.23. The highest BCUT2D eigenvalue weighted by molar-refractivity contribution is 7.99. The Morgan fingerprint density at radius 3 is 3.05 bits per heavy atom. The van der Waals surface area contributed by atoms with Gasteiger partial charge >= 0.3 is 0 Å². The van der Waals surface area contributed by atoms with Crippen LogP contribution in [-0.2, 0) is 0 Å². The summed E-state index contributed by atoms with van der Waals surface area (Å²) in [4.78, 5) is 14.1. The fourth-order valence-corrected chi connectivity index (χ4v) is 3.16. The van der Waals surface area contributed by atoms with Gasteiger partial charge in [-0.15, -0.1) is 0 Å². The van der Waals surface area contributed by atoms with Crippen molar-refractivity contribution in [3.8, 4) is 11.8 Å². The van der Waals surface area contributed by atoms with Crippen LogP contribution in [0, 0.1) is 17.7 Å². The molecule has 21 heavy (non-hydrogen) atoms. The standard InChI is InChI=1S/C16H18FNO2S/c1-12-11-18(7-9-21-12)16(20)14-6-5-13(15(17)10-14)4-2-3-8-19/h5-6,10,12,19H,3,7-9,11H2,1H3. The van der Waals surface area contributed by atoms with Crippen LogP contribution in [0.25, 0.3) is 0 Å². The summed E-state index contributed by atoms with van der Waals surface area (Å²) < 4.78 is 13.9. The Morgan fingerprint density at radius 2 is 2.38 bits per heavy atom. The van der Waals surface area contributed by atoms with Gasteiger partial charge < -0.3 is 10.0 Å². The first-order valence-electron chi connectivity index (χ1n) is 6.92. The van der Waals surface area contributed by atoms with Gasteiger partial charge in [-0.25, -0.2) is 4.39 Å². The van der Waals surface area contributed by atoms with Gasteiger partial charge in [0.05, 0.1) is 12.2 Å². The van der Waals surface area contributed by atoms with Crippen LogP contribution < -0.4 is 0 Å². The van der Waals surface area contributed by atoms with Gasteiger partial charge in [0, 0.05) is 36.1 Å². The fraction of sp³-hybridized carbons (Fsp3) is 0.438. The second kappa shape index (κ2) is 7.48. The number of benzene rings is 1. The van der Waals surface area contributed by atoms with E-state index in [1.807, 2.05) is 11.8 Å². The maximum Gasteiger partial charge on any atom is 0.254 e. The van der Waals surface area contributed by atoms with Crippen LogP contribution in [0.4, 0.5) is 4.39 Å². The molecule has 1 saturated heterocycles. The van der Waals surface area contributed by atoms with Gasteiger partial charge in [-0.2, -0.15) is 11.8 Å². The Hall–Kier alpha value is -1.51. The summed E-state index contributed by atoms with van der Waals surface area (Å²) in [6.45, 7) is 3.44. The minimum atomic E-state index is -0.495. The first-order valence-corrected chi connectivity index (χ1v) is 7.97. The SMILES string of the molecule is CC1CN(C(=O)c2ccc(C#CCCO)c(F)c2)CCS1. The number of aliphatic hydroxyl groups excluding tert-OH is 1. The number of nitrogens with zero attached hydrogens (tertiary/aromatic N) is 1. The van der Waals surface area contributed by atoms with Gasteiger partial charge in [0.1, 0.15) is 5.82 Å². The van der Waals surface area contributed by atoms with E-state index in [1.165, 1.54) is 12.1 Å². The summed E-state index contributed by atoms with van der Waals surface area (Å²) in [6.07, 6.45) is 0.309. The van der Waals surface area contributed by atoms with Gasteiger partial charge in [0.15, 0.2) is 0 Å². The smallest absolute Gasteiger partial charge is 0.254 e. The lowest BCUT2D eigenvalue weighted by Crippen LogP contribution is -2.41. The first kappa shape index (κ1) is 15.9. The number of carbonyl (C=O) groups excluding carboxylic acids is 1. The Kier molecular flexibility index (Phi) is 5.66. The molecule has 1 aromatic carbocycles. The molecule has 0 bridgehead atoms. The molecule has 1 fully saturated rings. The highest BCUT2D eigenvalue weighted by Crippen LogP contribution is 2.20. The van der Waals surface area contributed by atoms with E-state index < -0.39 is 5.82 Å². The van der Waals surface area contributed by atoms with Crippen LogP contribution in [0.1, 0.15) is 29.3 Å². The highest BCUT2D eigenvalue weighted by Gasteiger charge is 2.22. The second-order valence-corrected chi connectivity index (χ2v) is 6.45. The molecular weight excluding hydrogens is 289 g/mol. The first-order chi connectivity index (χ1) is 10.1. The summed E-state index contributed by atoms with van der Waals surface area (Å²) >= 11 is 1.84. The average molecular weight is 307 g/mol. The van der Waals surface area contributed by atoms with Crippen molar-refractivity contribution in [2.24, 2.45) is 0 Å². The van der Waals surface area contributed by atoms with Gasteiger partial charge in [-0.1, -0.05) is 18.8 Å². The van der Waals surface area contributed by atoms with Gasteiger partial charge in [0.25, 0.3) is 5.91 Å². The molecule has 5 heteroatoms. The van der Waals surface area contributed by atoms with Crippen LogP contribution in [0.3, 0.4) is 0 Å². The average Bonchev–Trinajstić information content (AvgIpc) is 2.48. The number of carbonyl (C=O) groups is 1. The Bertz CT molecular complexity index is 579. The zero-order valence-corrected chi connectivity index (χ0v) is 12.8. The monoisotopic (exact) mass is 307 g/mol. The summed E-state index contributed by atoms with van der Waals surface area (Å²) in [5.41, 5.74) is 0.613. The number of halogens is 1. The van der Waals surface area contributed by atoms with Crippen LogP contribution in [-0.4, -0.2) is 46.6 Å². The van der Waals surface area contributed by atoms with Crippen LogP contribution in [0.2, 0.25) is 0 Å². The van der Waals surface area contributed by atoms with Crippen molar-refractivity contribution < 1.29 is 14.3 Å². The van der Waals surface area contributed by atoms with Gasteiger partial charge in [-0.05, 0) is 18.2 Å². The van der Waals surface area contributed by atoms with Crippen LogP contribution in [0.15, 0.2) is 18.2 Å². The van der Waals surface area contributed by atoms with E-state index in [2.05, 4.69) is 18.8 Å². The summed E-state index contributed by atoms with van der Waals surface area (Å²) in [7, 11) is 0. The third-order valence-electron chi connectivity index (χ3n) is 3.20. The van der Waals surface area contributed by atoms with E-state index in [4.69, 9.17) is 5.11 Å². The minimum absolute atomic E-state index is 0.0453. The molecule has 3 nitrogen and oxygen atoms in total. The Morgan fingerprint density at radius 1 is 1.57 bits per heavy atom. The molecule has 1 amide bonds. The zero-order chi connectivity index (χ0) is 15.2. The topological polar surface area (TPSA) is 40.5 Å². The van der Waals surface area contributed by atoms with Gasteiger partial charge in [0.2, 0.25) is 0 Å². The van der Waals surface area contributed by atoms with E-state index in [9.17, 15) is 9.18 Å². The largest absolute Gasteiger partial charge is 0.395 e. The van der Waals surface area contributed by atoms with Crippen LogP contribution >= 0.6 is 11.8 Å². The van der Waals surface area contributed by atoms with Crippen molar-refractivity contribution in [3.63, 3.8) is 0 Å². The lowest BCUT2D eigenvalue weighted by atomic mass is 10.1. The lowest BCUT2D eigenvalue weighted by Gasteiger charge is -2.30. The number of hydrogen-bond donors (Lipinski definition) is 1. The fourth-order valence-electron chi connectivity index (χ4n) is 2.15. The molecule has 1 aliphatic rings. The molecule has 0 aliphatic carbocycles. The van der Waals surface area contributed by atoms with E-state index in [0.29, 0.717) is 30.3 Å². The molecule has 1 aliphatic heterocycles. The number of thioether (sulfide) groups is 1. The molecular formula is C16H18FNO2S. The summed E-state index contributed by atoms with van der Waals surface area (Å²) in [5.74, 6) is 5.62. The predicted molar refractivity (Wildman–Crippen MR) is 82.8 cm³/mol. The number of amides is 1. The second-order valence-electron chi connectivity index (χ2n) is 4.90. The number of hydrogen-bond acceptors (Lipinski definition) is 3. The van der Waals surface area contributed by atoms with Gasteiger partial charge in [-0.3, -0.25) is 4.79 Å². The Labute approximate surface area is 128 Å². The van der Waals surface area contributed by atoms with Crippen molar-refractivity contribution in [1.29, 1.82) is 0 Å². The van der Waals surface area contributed by atoms with E-state index in [-0.39, 0.29) is 18.1 Å². The molecule has 1 N–H and O–H groups in total. The number of rotatable bonds is 2. The molecule has 1 atom stereocenters. The van der Waals surface area contributed by atoms with Crippen molar-refractivity contribution in [2.45, 2.75) is 18.6 Å². The molecule has 0 radical (unpaired) electrons. The summed E-state index contributed by atoms with van der Waals surface area (Å²) in [5, 5.41) is 9.06. The Balaban J connectivity index is 2.12. The van der Waals surface area contributed by atoms with E-state index >= 15 is 0 Å². The molecule has 2 rings (SSSR count).